The van der Waals surface area contributed by atoms with Crippen molar-refractivity contribution in [1.29, 1.82) is 0 Å². The van der Waals surface area contributed by atoms with E-state index in [1.807, 2.05) is 5.32 Å². The number of carboxylic acid groups (broad SMARTS) is 3. The van der Waals surface area contributed by atoms with Crippen molar-refractivity contribution in [1.82, 2.24) is 21.3 Å². The van der Waals surface area contributed by atoms with E-state index in [2.05, 4.69) is 24.5 Å². The highest BCUT2D eigenvalue weighted by Crippen LogP contribution is 2.18. The van der Waals surface area contributed by atoms with Crippen molar-refractivity contribution in [2.75, 3.05) is 24.7 Å². The number of rotatable bonds is 52. The minimum atomic E-state index is -1.76. The third-order valence-corrected chi connectivity index (χ3v) is 14.7. The standard InChI is InChI=1S/C59H99N5O15S/c1-3-5-7-9-11-13-15-17-19-21-23-25-27-29-54(71)78-41-46(79-55(72)30-28-26-24-22-20-18-16-14-12-10-8-6-4-2)42-80-43-50(64-56(73)47(60)39-44-31-33-45(65)34-32-44)58(75)63-48(35-37-52(67)68)57(74)61-40-51(66)62-49(59(76)77)36-38-53(69)70/h31-34,46-50,65H,3-30,35-43,60H2,1-2H3,(H,61,74)(H,62,66)(H,63,75)(H,64,73)(H,67,68)(H,69,70)(H,76,77)/t46-,47+,48-,49+,50?/m1/s1/i/hD. The van der Waals surface area contributed by atoms with Crippen LogP contribution < -0.4 is 27.0 Å². The van der Waals surface area contributed by atoms with E-state index in [4.69, 9.17) is 21.7 Å². The van der Waals surface area contributed by atoms with Crippen molar-refractivity contribution in [3.63, 3.8) is 0 Å². The van der Waals surface area contributed by atoms with Gasteiger partial charge in [-0.3, -0.25) is 38.4 Å². The van der Waals surface area contributed by atoms with E-state index < -0.39 is 116 Å². The summed E-state index contributed by atoms with van der Waals surface area (Å²) in [6, 6.07) is -0.244. The van der Waals surface area contributed by atoms with E-state index in [0.29, 0.717) is 18.4 Å². The number of aromatic hydroxyl groups is 1. The number of amides is 4. The Morgan fingerprint density at radius 2 is 0.975 bits per heavy atom. The molecular formula is C59H99N5O15S. The molecule has 20 nitrogen and oxygen atoms in total. The molecule has 80 heavy (non-hydrogen) atoms. The number of nitrogens with two attached hydrogens (primary N) is 1. The fourth-order valence-electron chi connectivity index (χ4n) is 8.77. The molecule has 4 amide bonds. The van der Waals surface area contributed by atoms with Crippen molar-refractivity contribution in [2.45, 2.75) is 256 Å². The maximum atomic E-state index is 14.2. The number of carbonyl (C=O) groups is 9. The maximum Gasteiger partial charge on any atom is 0.326 e. The molecule has 1 aromatic rings. The Morgan fingerprint density at radius 1 is 0.537 bits per heavy atom. The molecule has 0 saturated heterocycles. The fraction of sp³-hybridized carbons (Fsp3) is 0.746. The first-order valence-electron chi connectivity index (χ1n) is 30.1. The molecule has 0 spiro atoms. The molecule has 5 atom stereocenters. The topological polar surface area (TPSA) is 327 Å². The van der Waals surface area contributed by atoms with E-state index in [0.717, 1.165) is 63.1 Å². The number of unbranched alkanes of at least 4 members (excludes halogenated alkanes) is 24. The van der Waals surface area contributed by atoms with Gasteiger partial charge in [-0.25, -0.2) is 4.79 Å². The maximum absolute atomic E-state index is 14.2. The zero-order valence-electron chi connectivity index (χ0n) is 49.1. The second-order valence-electron chi connectivity index (χ2n) is 20.9. The molecule has 10 N–H and O–H groups in total. The Balaban J connectivity index is 3.16. The van der Waals surface area contributed by atoms with Gasteiger partial charge < -0.3 is 56.9 Å². The largest absolute Gasteiger partial charge is 0.508 e. The minimum absolute atomic E-state index is 0.0160. The number of hydrogen-bond donors (Lipinski definition) is 9. The second-order valence-corrected chi connectivity index (χ2v) is 22.0. The smallest absolute Gasteiger partial charge is 0.326 e. The SMILES string of the molecule is [2H]N(CC(=O)N[C@@H](CCC(=O)O)C(=O)O)C(=O)[C@@H](CCC(=O)O)NC(=O)C(CSC[C@@H](COC(=O)CCCCCCCCCCCCCCC)OC(=O)CCCCCCCCCCCCCCC)NC(=O)[C@@H](N)Cc1ccc(O)cc1. The molecule has 0 heterocycles. The quantitative estimate of drug-likeness (QED) is 0.0217. The lowest BCUT2D eigenvalue weighted by molar-refractivity contribution is -0.157. The normalized spacial score (nSPS) is 13.2. The van der Waals surface area contributed by atoms with E-state index in [-0.39, 0.29) is 48.4 Å². The number of ether oxygens (including phenoxy) is 2. The molecule has 0 bridgehead atoms. The number of thioether (sulfide) groups is 1. The first-order chi connectivity index (χ1) is 38.9. The van der Waals surface area contributed by atoms with Crippen LogP contribution in [0.2, 0.25) is 1.41 Å². The molecule has 1 rings (SSSR count). The number of benzene rings is 1. The molecule has 0 fully saturated rings. The highest BCUT2D eigenvalue weighted by Gasteiger charge is 2.30. The van der Waals surface area contributed by atoms with E-state index >= 15 is 0 Å². The van der Waals surface area contributed by atoms with Crippen LogP contribution >= 0.6 is 11.8 Å². The zero-order chi connectivity index (χ0) is 60.0. The van der Waals surface area contributed by atoms with Gasteiger partial charge in [0.15, 0.2) is 1.41 Å². The van der Waals surface area contributed by atoms with Gasteiger partial charge in [0.1, 0.15) is 36.6 Å². The molecule has 0 aromatic heterocycles. The van der Waals surface area contributed by atoms with Crippen LogP contribution in [0.5, 0.6) is 5.75 Å². The third kappa shape index (κ3) is 39.9. The van der Waals surface area contributed by atoms with Crippen molar-refractivity contribution < 1.29 is 74.5 Å². The summed E-state index contributed by atoms with van der Waals surface area (Å²) in [6.45, 7) is 3.07. The molecular weight excluding hydrogens is 1050 g/mol. The van der Waals surface area contributed by atoms with Gasteiger partial charge in [0.2, 0.25) is 23.6 Å². The average molecular weight is 1150 g/mol. The average Bonchev–Trinajstić information content (AvgIpc) is 3.42. The van der Waals surface area contributed by atoms with Crippen LogP contribution in [0.15, 0.2) is 24.3 Å². The van der Waals surface area contributed by atoms with Crippen LogP contribution in [0.3, 0.4) is 0 Å². The van der Waals surface area contributed by atoms with E-state index in [1.54, 1.807) is 12.1 Å². The van der Waals surface area contributed by atoms with Crippen molar-refractivity contribution in [3.8, 4) is 5.75 Å². The first kappa shape index (κ1) is 70.7. The molecule has 1 unspecified atom stereocenters. The van der Waals surface area contributed by atoms with Gasteiger partial charge in [0, 0.05) is 37.2 Å². The molecule has 0 aliphatic carbocycles. The minimum Gasteiger partial charge on any atom is -0.508 e. The summed E-state index contributed by atoms with van der Waals surface area (Å²) in [5.41, 5.74) is 6.85. The van der Waals surface area contributed by atoms with Crippen molar-refractivity contribution in [2.24, 2.45) is 5.73 Å². The highest BCUT2D eigenvalue weighted by molar-refractivity contribution is 7.99. The molecule has 0 aliphatic rings. The van der Waals surface area contributed by atoms with Crippen LogP contribution in [-0.2, 0) is 59.0 Å². The number of aliphatic carboxylic acids is 3. The second kappa shape index (κ2) is 47.2. The van der Waals surface area contributed by atoms with Crippen LogP contribution in [0, 0.1) is 0 Å². The van der Waals surface area contributed by atoms with Crippen LogP contribution in [0.25, 0.3) is 0 Å². The highest BCUT2D eigenvalue weighted by atomic mass is 32.2. The molecule has 0 radical (unpaired) electrons. The number of carboxylic acids is 3. The van der Waals surface area contributed by atoms with Gasteiger partial charge in [0.05, 0.1) is 12.6 Å². The van der Waals surface area contributed by atoms with Gasteiger partial charge in [0.25, 0.3) is 0 Å². The number of esters is 2. The summed E-state index contributed by atoms with van der Waals surface area (Å²) in [6.07, 6.45) is 26.6. The monoisotopic (exact) mass is 1150 g/mol. The summed E-state index contributed by atoms with van der Waals surface area (Å²) < 4.78 is 19.8. The van der Waals surface area contributed by atoms with Crippen LogP contribution in [-0.4, -0.2) is 129 Å². The van der Waals surface area contributed by atoms with Gasteiger partial charge in [-0.1, -0.05) is 180 Å². The molecule has 0 saturated carbocycles. The Labute approximate surface area is 481 Å². The van der Waals surface area contributed by atoms with Crippen molar-refractivity contribution in [3.05, 3.63) is 29.8 Å². The Bertz CT molecular complexity index is 1970. The third-order valence-electron chi connectivity index (χ3n) is 13.6. The lowest BCUT2D eigenvalue weighted by atomic mass is 10.0. The Morgan fingerprint density at radius 3 is 1.44 bits per heavy atom. The fourth-order valence-corrected chi connectivity index (χ4v) is 9.81. The lowest BCUT2D eigenvalue weighted by Crippen LogP contribution is -2.57. The lowest BCUT2D eigenvalue weighted by Gasteiger charge is -2.25. The van der Waals surface area contributed by atoms with Crippen molar-refractivity contribution >= 4 is 65.2 Å². The molecule has 456 valence electrons. The Kier molecular flexibility index (Phi) is 41.7. The number of carbonyl (C=O) groups excluding carboxylic acids is 6. The van der Waals surface area contributed by atoms with Gasteiger partial charge >= 0.3 is 29.8 Å². The van der Waals surface area contributed by atoms with Crippen LogP contribution in [0.1, 0.15) is 225 Å². The molecule has 21 heteroatoms. The number of phenolic OH excluding ortho intramolecular Hbond substituents is 1. The zero-order valence-corrected chi connectivity index (χ0v) is 48.9. The Hall–Kier alpha value is -5.44. The van der Waals surface area contributed by atoms with Gasteiger partial charge in [-0.05, 0) is 49.8 Å². The molecule has 0 aliphatic heterocycles. The summed E-state index contributed by atoms with van der Waals surface area (Å²) in [5, 5.41) is 44.8. The van der Waals surface area contributed by atoms with Crippen LogP contribution in [0.4, 0.5) is 0 Å². The van der Waals surface area contributed by atoms with Gasteiger partial charge in [-0.15, -0.1) is 0 Å². The first-order valence-corrected chi connectivity index (χ1v) is 30.8. The van der Waals surface area contributed by atoms with E-state index in [9.17, 15) is 58.5 Å². The summed E-state index contributed by atoms with van der Waals surface area (Å²) in [5.74, 6) is -9.75. The number of nitrogens with one attached hydrogen (secondary N) is 4. The van der Waals surface area contributed by atoms with Gasteiger partial charge in [-0.2, -0.15) is 11.8 Å². The predicted molar refractivity (Wildman–Crippen MR) is 309 cm³/mol. The van der Waals surface area contributed by atoms with E-state index in [1.165, 1.54) is 115 Å². The summed E-state index contributed by atoms with van der Waals surface area (Å²) in [7, 11) is 0. The predicted octanol–water partition coefficient (Wildman–Crippen LogP) is 8.80. The summed E-state index contributed by atoms with van der Waals surface area (Å²) in [4.78, 5) is 115. The number of phenols is 1. The number of hydrogen-bond acceptors (Lipinski definition) is 14. The molecule has 1 aromatic carbocycles. The summed E-state index contributed by atoms with van der Waals surface area (Å²) >= 11 is 1.04.